The Kier molecular flexibility index (Phi) is 5.71. The first-order valence-electron chi connectivity index (χ1n) is 6.54. The molecule has 1 aromatic carbocycles. The largest absolute Gasteiger partial charge is 0.496 e. The van der Waals surface area contributed by atoms with Crippen LogP contribution in [-0.4, -0.2) is 17.6 Å². The van der Waals surface area contributed by atoms with Gasteiger partial charge in [-0.25, -0.2) is 0 Å². The van der Waals surface area contributed by atoms with Crippen LogP contribution >= 0.6 is 11.8 Å². The lowest BCUT2D eigenvalue weighted by Gasteiger charge is -2.25. The molecule has 0 aliphatic rings. The zero-order valence-electron chi connectivity index (χ0n) is 12.8. The maximum absolute atomic E-state index is 5.73. The van der Waals surface area contributed by atoms with E-state index < -0.39 is 0 Å². The van der Waals surface area contributed by atoms with Crippen LogP contribution in [0.3, 0.4) is 0 Å². The molecule has 0 bridgehead atoms. The first-order chi connectivity index (χ1) is 8.80. The minimum atomic E-state index is 0.0958. The molecule has 0 saturated heterocycles. The number of rotatable bonds is 5. The summed E-state index contributed by atoms with van der Waals surface area (Å²) < 4.78 is 5.79. The second kappa shape index (κ2) is 6.64. The van der Waals surface area contributed by atoms with Crippen LogP contribution in [0.2, 0.25) is 0 Å². The highest BCUT2D eigenvalue weighted by atomic mass is 32.2. The third kappa shape index (κ3) is 4.41. The molecule has 0 spiro atoms. The molecule has 1 aromatic rings. The maximum atomic E-state index is 5.73. The number of hydrogen-bond donors (Lipinski definition) is 2. The summed E-state index contributed by atoms with van der Waals surface area (Å²) in [7, 11) is 1.72. The Morgan fingerprint density at radius 2 is 1.95 bits per heavy atom. The van der Waals surface area contributed by atoms with Crippen LogP contribution in [0.15, 0.2) is 12.1 Å². The monoisotopic (exact) mass is 282 g/mol. The van der Waals surface area contributed by atoms with Gasteiger partial charge >= 0.3 is 0 Å². The molecule has 0 aromatic heterocycles. The molecule has 3 nitrogen and oxygen atoms in total. The van der Waals surface area contributed by atoms with Gasteiger partial charge in [0.15, 0.2) is 0 Å². The van der Waals surface area contributed by atoms with Crippen molar-refractivity contribution >= 4 is 11.8 Å². The van der Waals surface area contributed by atoms with Crippen LogP contribution in [0.5, 0.6) is 5.75 Å². The summed E-state index contributed by atoms with van der Waals surface area (Å²) in [6, 6.07) is 4.33. The zero-order valence-corrected chi connectivity index (χ0v) is 13.6. The SMILES string of the molecule is COc1c(C(CSC(C)(C)C)NN)ccc(C)c1C. The van der Waals surface area contributed by atoms with Gasteiger partial charge in [-0.05, 0) is 25.0 Å². The van der Waals surface area contributed by atoms with Gasteiger partial charge in [0.1, 0.15) is 5.75 Å². The fourth-order valence-electron chi connectivity index (χ4n) is 1.92. The molecule has 1 unspecified atom stereocenters. The van der Waals surface area contributed by atoms with Gasteiger partial charge in [-0.2, -0.15) is 11.8 Å². The molecule has 0 saturated carbocycles. The number of benzene rings is 1. The lowest BCUT2D eigenvalue weighted by Crippen LogP contribution is -2.31. The summed E-state index contributed by atoms with van der Waals surface area (Å²) in [6.45, 7) is 10.8. The number of aryl methyl sites for hydroxylation is 1. The second-order valence-corrected chi connectivity index (χ2v) is 7.62. The molecule has 19 heavy (non-hydrogen) atoms. The third-order valence-corrected chi connectivity index (χ3v) is 4.54. The average Bonchev–Trinajstić information content (AvgIpc) is 2.33. The Morgan fingerprint density at radius 1 is 1.32 bits per heavy atom. The van der Waals surface area contributed by atoms with Crippen molar-refractivity contribution in [2.75, 3.05) is 12.9 Å². The van der Waals surface area contributed by atoms with E-state index in [1.165, 1.54) is 11.1 Å². The Morgan fingerprint density at radius 3 is 2.42 bits per heavy atom. The minimum absolute atomic E-state index is 0.0958. The van der Waals surface area contributed by atoms with Gasteiger partial charge in [0.2, 0.25) is 0 Å². The van der Waals surface area contributed by atoms with Crippen molar-refractivity contribution < 1.29 is 4.74 Å². The summed E-state index contributed by atoms with van der Waals surface area (Å²) in [4.78, 5) is 0. The summed E-state index contributed by atoms with van der Waals surface area (Å²) in [5.74, 6) is 7.58. The van der Waals surface area contributed by atoms with Crippen LogP contribution in [0, 0.1) is 13.8 Å². The molecule has 4 heteroatoms. The number of ether oxygens (including phenoxy) is 1. The number of nitrogens with one attached hydrogen (secondary N) is 1. The van der Waals surface area contributed by atoms with E-state index in [4.69, 9.17) is 10.6 Å². The highest BCUT2D eigenvalue weighted by molar-refractivity contribution is 8.00. The van der Waals surface area contributed by atoms with E-state index in [1.54, 1.807) is 7.11 Å². The second-order valence-electron chi connectivity index (χ2n) is 5.77. The van der Waals surface area contributed by atoms with E-state index in [1.807, 2.05) is 11.8 Å². The van der Waals surface area contributed by atoms with Crippen LogP contribution in [0.1, 0.15) is 43.5 Å². The van der Waals surface area contributed by atoms with Crippen LogP contribution in [-0.2, 0) is 0 Å². The van der Waals surface area contributed by atoms with E-state index in [2.05, 4.69) is 52.2 Å². The number of thioether (sulfide) groups is 1. The van der Waals surface area contributed by atoms with Gasteiger partial charge in [0.25, 0.3) is 0 Å². The fraction of sp³-hybridized carbons (Fsp3) is 0.600. The summed E-state index contributed by atoms with van der Waals surface area (Å²) >= 11 is 1.89. The zero-order chi connectivity index (χ0) is 14.6. The van der Waals surface area contributed by atoms with E-state index in [0.29, 0.717) is 0 Å². The van der Waals surface area contributed by atoms with Gasteiger partial charge < -0.3 is 4.74 Å². The van der Waals surface area contributed by atoms with E-state index in [0.717, 1.165) is 17.1 Å². The molecule has 0 fully saturated rings. The fourth-order valence-corrected chi connectivity index (χ4v) is 2.86. The summed E-state index contributed by atoms with van der Waals surface area (Å²) in [5.41, 5.74) is 6.46. The molecule has 1 rings (SSSR count). The maximum Gasteiger partial charge on any atom is 0.126 e. The standard InChI is InChI=1S/C15H26N2OS/c1-10-7-8-12(14(18-6)11(10)2)13(17-16)9-19-15(3,4)5/h7-8,13,17H,9,16H2,1-6H3. The van der Waals surface area contributed by atoms with Gasteiger partial charge in [0.05, 0.1) is 13.2 Å². The van der Waals surface area contributed by atoms with Crippen molar-refractivity contribution in [2.45, 2.75) is 45.4 Å². The molecule has 0 radical (unpaired) electrons. The number of hydrogen-bond acceptors (Lipinski definition) is 4. The molecular formula is C15H26N2OS. The Balaban J connectivity index is 3.01. The van der Waals surface area contributed by atoms with E-state index in [9.17, 15) is 0 Å². The van der Waals surface area contributed by atoms with Crippen molar-refractivity contribution in [1.82, 2.24) is 5.43 Å². The summed E-state index contributed by atoms with van der Waals surface area (Å²) in [6.07, 6.45) is 0. The predicted molar refractivity (Wildman–Crippen MR) is 84.7 cm³/mol. The lowest BCUT2D eigenvalue weighted by atomic mass is 10.0. The van der Waals surface area contributed by atoms with Crippen LogP contribution in [0.4, 0.5) is 0 Å². The minimum Gasteiger partial charge on any atom is -0.496 e. The van der Waals surface area contributed by atoms with Crippen molar-refractivity contribution in [3.05, 3.63) is 28.8 Å². The lowest BCUT2D eigenvalue weighted by molar-refractivity contribution is 0.399. The Bertz CT molecular complexity index is 427. The molecule has 0 heterocycles. The van der Waals surface area contributed by atoms with Gasteiger partial charge in [-0.1, -0.05) is 32.9 Å². The Hall–Kier alpha value is -0.710. The molecule has 1 atom stereocenters. The van der Waals surface area contributed by atoms with E-state index >= 15 is 0 Å². The molecule has 0 aliphatic heterocycles. The third-order valence-electron chi connectivity index (χ3n) is 3.17. The first-order valence-corrected chi connectivity index (χ1v) is 7.53. The Labute approximate surface area is 121 Å². The molecule has 0 aliphatic carbocycles. The molecular weight excluding hydrogens is 256 g/mol. The van der Waals surface area contributed by atoms with Crippen molar-refractivity contribution in [1.29, 1.82) is 0 Å². The van der Waals surface area contributed by atoms with Crippen molar-refractivity contribution in [2.24, 2.45) is 5.84 Å². The number of hydrazine groups is 1. The number of nitrogens with two attached hydrogens (primary N) is 1. The predicted octanol–water partition coefficient (Wildman–Crippen LogP) is 3.35. The highest BCUT2D eigenvalue weighted by Crippen LogP contribution is 2.34. The topological polar surface area (TPSA) is 47.3 Å². The van der Waals surface area contributed by atoms with Gasteiger partial charge in [-0.3, -0.25) is 11.3 Å². The number of methoxy groups -OCH3 is 1. The van der Waals surface area contributed by atoms with E-state index in [-0.39, 0.29) is 10.8 Å². The van der Waals surface area contributed by atoms with Crippen molar-refractivity contribution in [3.8, 4) is 5.75 Å². The summed E-state index contributed by atoms with van der Waals surface area (Å²) in [5, 5.41) is 0. The molecule has 108 valence electrons. The highest BCUT2D eigenvalue weighted by Gasteiger charge is 2.20. The van der Waals surface area contributed by atoms with Gasteiger partial charge in [-0.15, -0.1) is 0 Å². The smallest absolute Gasteiger partial charge is 0.126 e. The first kappa shape index (κ1) is 16.3. The van der Waals surface area contributed by atoms with Crippen LogP contribution in [0.25, 0.3) is 0 Å². The molecule has 0 amide bonds. The molecule has 3 N–H and O–H groups in total. The van der Waals surface area contributed by atoms with Crippen LogP contribution < -0.4 is 16.0 Å². The normalized spacial score (nSPS) is 13.4. The average molecular weight is 282 g/mol. The quantitative estimate of drug-likeness (QED) is 0.642. The van der Waals surface area contributed by atoms with Crippen molar-refractivity contribution in [3.63, 3.8) is 0 Å². The van der Waals surface area contributed by atoms with Gasteiger partial charge in [0, 0.05) is 16.1 Å².